The summed E-state index contributed by atoms with van der Waals surface area (Å²) in [6.07, 6.45) is 1.58. The van der Waals surface area contributed by atoms with Crippen molar-refractivity contribution in [2.24, 2.45) is 5.92 Å². The van der Waals surface area contributed by atoms with Crippen LogP contribution >= 0.6 is 0 Å². The maximum Gasteiger partial charge on any atom is 0.326 e. The molecule has 1 unspecified atom stereocenters. The third-order valence-corrected chi connectivity index (χ3v) is 7.01. The van der Waals surface area contributed by atoms with Crippen LogP contribution in [0, 0.1) is 5.92 Å². The lowest BCUT2D eigenvalue weighted by Gasteiger charge is -2.37. The summed E-state index contributed by atoms with van der Waals surface area (Å²) in [6.45, 7) is 10.7. The zero-order chi connectivity index (χ0) is 27.3. The van der Waals surface area contributed by atoms with E-state index in [0.29, 0.717) is 41.5 Å². The van der Waals surface area contributed by atoms with E-state index in [-0.39, 0.29) is 24.3 Å². The van der Waals surface area contributed by atoms with Crippen molar-refractivity contribution >= 4 is 17.7 Å². The third-order valence-electron chi connectivity index (χ3n) is 7.01. The number of carbonyl (C=O) groups is 3. The smallest absolute Gasteiger partial charge is 0.326 e. The summed E-state index contributed by atoms with van der Waals surface area (Å²) >= 11 is 0. The average molecular weight is 512 g/mol. The summed E-state index contributed by atoms with van der Waals surface area (Å²) in [5, 5.41) is 17.4. The monoisotopic (exact) mass is 511 g/mol. The van der Waals surface area contributed by atoms with Crippen LogP contribution in [0.25, 0.3) is 0 Å². The Balaban J connectivity index is 1.88. The van der Waals surface area contributed by atoms with Crippen molar-refractivity contribution in [2.75, 3.05) is 13.1 Å². The second kappa shape index (κ2) is 12.5. The lowest BCUT2D eigenvalue weighted by molar-refractivity contribution is -0.148. The van der Waals surface area contributed by atoms with Crippen LogP contribution in [0.1, 0.15) is 59.9 Å². The van der Waals surface area contributed by atoms with Gasteiger partial charge in [-0.1, -0.05) is 37.3 Å². The second-order valence-electron chi connectivity index (χ2n) is 10.4. The summed E-state index contributed by atoms with van der Waals surface area (Å²) in [6, 6.07) is 9.61. The molecule has 8 heteroatoms. The molecular formula is C29H41N3O5. The number of aliphatic hydroxyl groups excluding tert-OH is 1. The number of allylic oxidation sites excluding steroid dienone is 3. The van der Waals surface area contributed by atoms with Gasteiger partial charge in [0, 0.05) is 41.0 Å². The van der Waals surface area contributed by atoms with Gasteiger partial charge in [0.05, 0.1) is 18.2 Å². The first-order valence-electron chi connectivity index (χ1n) is 13.1. The summed E-state index contributed by atoms with van der Waals surface area (Å²) < 4.78 is 5.33. The van der Waals surface area contributed by atoms with E-state index in [4.69, 9.17) is 4.74 Å². The maximum atomic E-state index is 13.8. The van der Waals surface area contributed by atoms with Gasteiger partial charge in [-0.2, -0.15) is 0 Å². The Hall–Kier alpha value is -2.97. The predicted octanol–water partition coefficient (Wildman–Crippen LogP) is 2.87. The minimum atomic E-state index is -0.800. The molecule has 0 radical (unpaired) electrons. The number of nitrogens with zero attached hydrogens (tertiary/aromatic N) is 1. The summed E-state index contributed by atoms with van der Waals surface area (Å²) in [7, 11) is 0. The molecule has 1 aliphatic heterocycles. The number of aliphatic hydroxyl groups is 1. The minimum absolute atomic E-state index is 0.0997. The Bertz CT molecular complexity index is 1060. The molecule has 0 bridgehead atoms. The molecule has 37 heavy (non-hydrogen) atoms. The van der Waals surface area contributed by atoms with Crippen molar-refractivity contribution in [1.29, 1.82) is 0 Å². The highest BCUT2D eigenvalue weighted by molar-refractivity contribution is 6.02. The van der Waals surface area contributed by atoms with Gasteiger partial charge in [0.25, 0.3) is 0 Å². The topological polar surface area (TPSA) is 108 Å². The van der Waals surface area contributed by atoms with Gasteiger partial charge in [0.15, 0.2) is 5.78 Å². The van der Waals surface area contributed by atoms with Crippen LogP contribution in [0.5, 0.6) is 0 Å². The molecule has 3 N–H and O–H groups in total. The highest BCUT2D eigenvalue weighted by Gasteiger charge is 2.36. The van der Waals surface area contributed by atoms with E-state index in [1.54, 1.807) is 32.6 Å². The molecule has 0 aromatic heterocycles. The number of Topliss-reactive ketones (excluding diaryl/α,β-unsaturated/α-hetero) is 1. The Morgan fingerprint density at radius 2 is 1.70 bits per heavy atom. The van der Waals surface area contributed by atoms with E-state index in [0.717, 1.165) is 18.4 Å². The molecule has 8 nitrogen and oxygen atoms in total. The van der Waals surface area contributed by atoms with E-state index >= 15 is 0 Å². The van der Waals surface area contributed by atoms with Gasteiger partial charge < -0.3 is 25.4 Å². The standard InChI is InChI=1S/C29H41N3O5/c1-17(2)37-26(35)16-32-19(4)27(21(6)33)18(3)28(20(32)5)29(36)31-24(14-22-10-8-7-9-11-22)25(34)15-30-23-12-13-23/h7-11,17-18,23-25,30,34H,12-16H2,1-6H3,(H,31,36)/t18?,24-,25+/m0/s1. The predicted molar refractivity (Wildman–Crippen MR) is 142 cm³/mol. The van der Waals surface area contributed by atoms with Crippen molar-refractivity contribution < 1.29 is 24.2 Å². The summed E-state index contributed by atoms with van der Waals surface area (Å²) in [5.41, 5.74) is 3.14. The fourth-order valence-corrected chi connectivity index (χ4v) is 5.01. The molecule has 1 fully saturated rings. The number of ketones is 1. The van der Waals surface area contributed by atoms with E-state index in [2.05, 4.69) is 10.6 Å². The Kier molecular flexibility index (Phi) is 9.68. The van der Waals surface area contributed by atoms with Gasteiger partial charge in [0.2, 0.25) is 5.91 Å². The van der Waals surface area contributed by atoms with Crippen LogP contribution in [0.2, 0.25) is 0 Å². The lowest BCUT2D eigenvalue weighted by atomic mass is 9.83. The molecule has 0 spiro atoms. The van der Waals surface area contributed by atoms with Crippen LogP contribution < -0.4 is 10.6 Å². The largest absolute Gasteiger partial charge is 0.462 e. The van der Waals surface area contributed by atoms with E-state index in [1.165, 1.54) is 6.92 Å². The number of benzene rings is 1. The SMILES string of the molecule is CC(=O)C1=C(C)N(CC(=O)OC(C)C)C(C)=C(C(=O)N[C@@H](Cc2ccccc2)[C@H](O)CNC2CC2)C1C. The van der Waals surface area contributed by atoms with Gasteiger partial charge in [-0.3, -0.25) is 14.4 Å². The van der Waals surface area contributed by atoms with E-state index in [1.807, 2.05) is 37.3 Å². The van der Waals surface area contributed by atoms with E-state index < -0.39 is 24.0 Å². The Morgan fingerprint density at radius 1 is 1.08 bits per heavy atom. The molecule has 0 saturated heterocycles. The third kappa shape index (κ3) is 7.52. The van der Waals surface area contributed by atoms with Crippen LogP contribution in [0.3, 0.4) is 0 Å². The number of esters is 1. The molecule has 1 amide bonds. The van der Waals surface area contributed by atoms with Crippen LogP contribution in [-0.2, 0) is 25.5 Å². The van der Waals surface area contributed by atoms with Crippen molar-refractivity contribution in [3.05, 3.63) is 58.4 Å². The first-order valence-corrected chi connectivity index (χ1v) is 13.1. The molecular weight excluding hydrogens is 470 g/mol. The summed E-state index contributed by atoms with van der Waals surface area (Å²) in [5.74, 6) is -1.41. The zero-order valence-electron chi connectivity index (χ0n) is 22.8. The molecule has 1 heterocycles. The van der Waals surface area contributed by atoms with Crippen molar-refractivity contribution in [1.82, 2.24) is 15.5 Å². The summed E-state index contributed by atoms with van der Waals surface area (Å²) in [4.78, 5) is 40.6. The van der Waals surface area contributed by atoms with Crippen molar-refractivity contribution in [2.45, 2.75) is 85.1 Å². The van der Waals surface area contributed by atoms with E-state index in [9.17, 15) is 19.5 Å². The zero-order valence-corrected chi connectivity index (χ0v) is 22.8. The van der Waals surface area contributed by atoms with Crippen molar-refractivity contribution in [3.8, 4) is 0 Å². The molecule has 3 rings (SSSR count). The van der Waals surface area contributed by atoms with Crippen LogP contribution in [0.4, 0.5) is 0 Å². The van der Waals surface area contributed by atoms with Gasteiger partial charge in [-0.05, 0) is 59.4 Å². The first-order chi connectivity index (χ1) is 17.5. The van der Waals surface area contributed by atoms with Gasteiger partial charge in [0.1, 0.15) is 6.54 Å². The molecule has 1 aromatic rings. The number of rotatable bonds is 12. The minimum Gasteiger partial charge on any atom is -0.462 e. The molecule has 202 valence electrons. The normalized spacial score (nSPS) is 19.7. The number of nitrogens with one attached hydrogen (secondary N) is 2. The molecule has 3 atom stereocenters. The fourth-order valence-electron chi connectivity index (χ4n) is 5.01. The Labute approximate surface area is 220 Å². The maximum absolute atomic E-state index is 13.8. The van der Waals surface area contributed by atoms with Crippen molar-refractivity contribution in [3.63, 3.8) is 0 Å². The lowest BCUT2D eigenvalue weighted by Crippen LogP contribution is -2.50. The number of carbonyl (C=O) groups excluding carboxylic acids is 3. The van der Waals surface area contributed by atoms with Gasteiger partial charge >= 0.3 is 5.97 Å². The van der Waals surface area contributed by atoms with Crippen LogP contribution in [0.15, 0.2) is 52.9 Å². The van der Waals surface area contributed by atoms with Gasteiger partial charge in [-0.15, -0.1) is 0 Å². The molecule has 1 aromatic carbocycles. The quantitative estimate of drug-likeness (QED) is 0.370. The fraction of sp³-hybridized carbons (Fsp3) is 0.552. The highest BCUT2D eigenvalue weighted by Crippen LogP contribution is 2.35. The number of hydrogen-bond acceptors (Lipinski definition) is 7. The first kappa shape index (κ1) is 28.6. The molecule has 2 aliphatic rings. The average Bonchev–Trinajstić information content (AvgIpc) is 3.64. The number of hydrogen-bond donors (Lipinski definition) is 3. The molecule has 1 aliphatic carbocycles. The van der Waals surface area contributed by atoms with Crippen LogP contribution in [-0.4, -0.2) is 65.0 Å². The van der Waals surface area contributed by atoms with Gasteiger partial charge in [-0.25, -0.2) is 0 Å². The Morgan fingerprint density at radius 3 is 2.27 bits per heavy atom. The highest BCUT2D eigenvalue weighted by atomic mass is 16.5. The second-order valence-corrected chi connectivity index (χ2v) is 10.4. The molecule has 1 saturated carbocycles. The number of ether oxygens (including phenoxy) is 1. The number of amides is 1.